The van der Waals surface area contributed by atoms with Gasteiger partial charge in [0.15, 0.2) is 5.78 Å². The van der Waals surface area contributed by atoms with E-state index in [2.05, 4.69) is 19.8 Å². The minimum atomic E-state index is -0.914. The maximum atomic E-state index is 11.8. The molecule has 6 atom stereocenters. The number of carbonyl (C=O) groups is 1. The molecule has 0 radical (unpaired) electrons. The summed E-state index contributed by atoms with van der Waals surface area (Å²) < 4.78 is 0. The molecule has 0 aliphatic heterocycles. The number of terminal acetylenes is 1. The van der Waals surface area contributed by atoms with Gasteiger partial charge in [-0.25, -0.2) is 0 Å². The molecule has 0 bridgehead atoms. The number of carbonyl (C=O) groups excluding carboxylic acids is 1. The molecule has 2 nitrogen and oxygen atoms in total. The van der Waals surface area contributed by atoms with Crippen LogP contribution in [0.4, 0.5) is 0 Å². The third-order valence-electron chi connectivity index (χ3n) is 8.35. The van der Waals surface area contributed by atoms with Gasteiger partial charge in [-0.15, -0.1) is 6.42 Å². The van der Waals surface area contributed by atoms with Crippen LogP contribution < -0.4 is 0 Å². The van der Waals surface area contributed by atoms with E-state index in [9.17, 15) is 9.90 Å². The quantitative estimate of drug-likeness (QED) is 0.689. The number of hydrogen-bond acceptors (Lipinski definition) is 2. The van der Waals surface area contributed by atoms with Crippen LogP contribution in [0.1, 0.15) is 65.2 Å². The highest BCUT2D eigenvalue weighted by Crippen LogP contribution is 2.67. The Morgan fingerprint density at radius 3 is 2.61 bits per heavy atom. The second-order valence-electron chi connectivity index (χ2n) is 8.97. The Bertz CT molecular complexity index is 626. The Morgan fingerprint density at radius 2 is 1.87 bits per heavy atom. The molecule has 4 aliphatic rings. The van der Waals surface area contributed by atoms with Crippen LogP contribution in [0.15, 0.2) is 11.6 Å². The zero-order valence-electron chi connectivity index (χ0n) is 14.4. The predicted molar refractivity (Wildman–Crippen MR) is 90.5 cm³/mol. The second-order valence-corrected chi connectivity index (χ2v) is 8.97. The van der Waals surface area contributed by atoms with E-state index in [1.165, 1.54) is 12.0 Å². The zero-order valence-corrected chi connectivity index (χ0v) is 14.4. The van der Waals surface area contributed by atoms with Gasteiger partial charge in [-0.2, -0.15) is 0 Å². The van der Waals surface area contributed by atoms with Crippen molar-refractivity contribution in [1.82, 2.24) is 0 Å². The van der Waals surface area contributed by atoms with Crippen molar-refractivity contribution in [1.29, 1.82) is 0 Å². The van der Waals surface area contributed by atoms with E-state index >= 15 is 0 Å². The van der Waals surface area contributed by atoms with Crippen LogP contribution in [-0.2, 0) is 4.79 Å². The number of allylic oxidation sites excluding steroid dienone is 1. The van der Waals surface area contributed by atoms with Crippen LogP contribution in [0.3, 0.4) is 0 Å². The van der Waals surface area contributed by atoms with Crippen LogP contribution >= 0.6 is 0 Å². The molecule has 4 aliphatic carbocycles. The summed E-state index contributed by atoms with van der Waals surface area (Å²) in [6.45, 7) is 4.63. The van der Waals surface area contributed by atoms with Crippen LogP contribution in [-0.4, -0.2) is 16.5 Å². The van der Waals surface area contributed by atoms with Gasteiger partial charge in [0.05, 0.1) is 0 Å². The Labute approximate surface area is 139 Å². The van der Waals surface area contributed by atoms with Gasteiger partial charge >= 0.3 is 0 Å². The van der Waals surface area contributed by atoms with Gasteiger partial charge < -0.3 is 5.11 Å². The normalized spacial score (nSPS) is 52.0. The van der Waals surface area contributed by atoms with Crippen molar-refractivity contribution in [2.75, 3.05) is 0 Å². The molecule has 1 N–H and O–H groups in total. The summed E-state index contributed by atoms with van der Waals surface area (Å²) >= 11 is 0. The largest absolute Gasteiger partial charge is 0.377 e. The topological polar surface area (TPSA) is 37.3 Å². The summed E-state index contributed by atoms with van der Waals surface area (Å²) in [5.41, 5.74) is 0.575. The monoisotopic (exact) mass is 312 g/mol. The highest BCUT2D eigenvalue weighted by molar-refractivity contribution is 5.91. The lowest BCUT2D eigenvalue weighted by Gasteiger charge is -2.58. The fourth-order valence-corrected chi connectivity index (χ4v) is 6.81. The summed E-state index contributed by atoms with van der Waals surface area (Å²) in [5, 5.41) is 11.0. The Kier molecular flexibility index (Phi) is 3.18. The van der Waals surface area contributed by atoms with Crippen molar-refractivity contribution >= 4 is 5.78 Å². The summed E-state index contributed by atoms with van der Waals surface area (Å²) in [4.78, 5) is 11.8. The van der Waals surface area contributed by atoms with Gasteiger partial charge in [0.25, 0.3) is 0 Å². The van der Waals surface area contributed by atoms with E-state index in [1.54, 1.807) is 0 Å². The van der Waals surface area contributed by atoms with Crippen molar-refractivity contribution in [3.8, 4) is 12.3 Å². The maximum absolute atomic E-state index is 11.8. The van der Waals surface area contributed by atoms with E-state index < -0.39 is 5.60 Å². The van der Waals surface area contributed by atoms with Crippen molar-refractivity contribution in [3.63, 3.8) is 0 Å². The van der Waals surface area contributed by atoms with Crippen LogP contribution in [0.2, 0.25) is 0 Å². The highest BCUT2D eigenvalue weighted by atomic mass is 16.3. The zero-order chi connectivity index (χ0) is 16.5. The summed E-state index contributed by atoms with van der Waals surface area (Å²) in [6.07, 6.45) is 15.6. The molecule has 124 valence electrons. The summed E-state index contributed by atoms with van der Waals surface area (Å²) in [6, 6.07) is 0. The van der Waals surface area contributed by atoms with Crippen LogP contribution in [0.25, 0.3) is 0 Å². The second kappa shape index (κ2) is 4.73. The first kappa shape index (κ1) is 15.5. The third-order valence-corrected chi connectivity index (χ3v) is 8.35. The Balaban J connectivity index is 1.70. The SMILES string of the molecule is C#CC1(O)CC[C@H]2[C@@H]3CCC4=CC(=O)CC[C@]4(C)[C@H]3CC[C@@]21C. The molecular formula is C21H28O2. The molecule has 0 aromatic rings. The van der Waals surface area contributed by atoms with E-state index in [0.717, 1.165) is 38.5 Å². The van der Waals surface area contributed by atoms with Crippen LogP contribution in [0.5, 0.6) is 0 Å². The van der Waals surface area contributed by atoms with Gasteiger partial charge in [0.2, 0.25) is 0 Å². The Hall–Kier alpha value is -1.07. The van der Waals surface area contributed by atoms with Gasteiger partial charge in [-0.05, 0) is 74.2 Å². The number of rotatable bonds is 0. The Morgan fingerprint density at radius 1 is 1.13 bits per heavy atom. The summed E-state index contributed by atoms with van der Waals surface area (Å²) in [5.74, 6) is 4.93. The molecule has 0 amide bonds. The molecule has 0 saturated heterocycles. The van der Waals surface area contributed by atoms with Crippen LogP contribution in [0, 0.1) is 40.9 Å². The van der Waals surface area contributed by atoms with Gasteiger partial charge in [-0.1, -0.05) is 25.3 Å². The molecule has 23 heavy (non-hydrogen) atoms. The fraction of sp³-hybridized carbons (Fsp3) is 0.762. The van der Waals surface area contributed by atoms with Crippen molar-refractivity contribution in [2.45, 2.75) is 70.8 Å². The first-order chi connectivity index (χ1) is 10.8. The first-order valence-corrected chi connectivity index (χ1v) is 9.28. The molecule has 0 aromatic heterocycles. The maximum Gasteiger partial charge on any atom is 0.155 e. The lowest BCUT2D eigenvalue weighted by atomic mass is 9.46. The van der Waals surface area contributed by atoms with Crippen molar-refractivity contribution in [2.24, 2.45) is 28.6 Å². The van der Waals surface area contributed by atoms with E-state index in [0.29, 0.717) is 30.0 Å². The average molecular weight is 312 g/mol. The molecule has 3 fully saturated rings. The predicted octanol–water partition coefficient (Wildman–Crippen LogP) is 3.88. The van der Waals surface area contributed by atoms with Gasteiger partial charge in [0, 0.05) is 11.8 Å². The molecule has 2 heteroatoms. The van der Waals surface area contributed by atoms with Gasteiger partial charge in [0.1, 0.15) is 5.60 Å². The molecular weight excluding hydrogens is 284 g/mol. The average Bonchev–Trinajstić information content (AvgIpc) is 2.80. The van der Waals surface area contributed by atoms with E-state index in [-0.39, 0.29) is 10.8 Å². The molecule has 1 unspecified atom stereocenters. The summed E-state index contributed by atoms with van der Waals surface area (Å²) in [7, 11) is 0. The van der Waals surface area contributed by atoms with E-state index in [4.69, 9.17) is 6.42 Å². The third kappa shape index (κ3) is 1.84. The first-order valence-electron chi connectivity index (χ1n) is 9.28. The molecule has 3 saturated carbocycles. The smallest absolute Gasteiger partial charge is 0.155 e. The van der Waals surface area contributed by atoms with Gasteiger partial charge in [-0.3, -0.25) is 4.79 Å². The lowest BCUT2D eigenvalue weighted by molar-refractivity contribution is -0.119. The number of fused-ring (bicyclic) bond motifs is 5. The number of hydrogen-bond donors (Lipinski definition) is 1. The molecule has 0 aromatic carbocycles. The lowest BCUT2D eigenvalue weighted by Crippen LogP contribution is -2.54. The standard InChI is InChI=1S/C21H28O2/c1-4-21(23)12-9-18-16-6-5-14-13-15(22)7-10-19(14,2)17(16)8-11-20(18,21)3/h1,13,16-18,23H,5-12H2,2-3H3/t16-,17+,18+,19+,20+,21?/m1/s1. The van der Waals surface area contributed by atoms with E-state index in [1.807, 2.05) is 6.08 Å². The minimum absolute atomic E-state index is 0.120. The molecule has 0 heterocycles. The minimum Gasteiger partial charge on any atom is -0.377 e. The number of aliphatic hydroxyl groups is 1. The van der Waals surface area contributed by atoms with Crippen molar-refractivity contribution < 1.29 is 9.90 Å². The van der Waals surface area contributed by atoms with Crippen molar-refractivity contribution in [3.05, 3.63) is 11.6 Å². The number of ketones is 1. The molecule has 0 spiro atoms. The molecule has 4 rings (SSSR count). The fourth-order valence-electron chi connectivity index (χ4n) is 6.81. The highest BCUT2D eigenvalue weighted by Gasteiger charge is 2.63.